The molecule has 0 saturated carbocycles. The van der Waals surface area contributed by atoms with Gasteiger partial charge in [0.1, 0.15) is 5.25 Å². The van der Waals surface area contributed by atoms with Crippen LogP contribution < -0.4 is 5.73 Å². The van der Waals surface area contributed by atoms with Crippen LogP contribution in [0.15, 0.2) is 33.6 Å². The van der Waals surface area contributed by atoms with Crippen LogP contribution >= 0.6 is 15.9 Å². The summed E-state index contributed by atoms with van der Waals surface area (Å²) in [6.07, 6.45) is -4.84. The summed E-state index contributed by atoms with van der Waals surface area (Å²) in [5.41, 5.74) is 5.12. The minimum absolute atomic E-state index is 0.146. The molecule has 1 aromatic rings. The highest BCUT2D eigenvalue weighted by atomic mass is 79.9. The van der Waals surface area contributed by atoms with E-state index in [4.69, 9.17) is 5.73 Å². The number of nitrogens with two attached hydrogens (primary N) is 1. The van der Waals surface area contributed by atoms with E-state index in [0.717, 1.165) is 4.47 Å². The van der Waals surface area contributed by atoms with Crippen molar-refractivity contribution in [2.45, 2.75) is 22.7 Å². The molecule has 0 aromatic heterocycles. The van der Waals surface area contributed by atoms with Gasteiger partial charge in [0.2, 0.25) is 0 Å². The van der Waals surface area contributed by atoms with Gasteiger partial charge in [-0.05, 0) is 37.2 Å². The Morgan fingerprint density at radius 1 is 1.29 bits per heavy atom. The maximum atomic E-state index is 12.7. The van der Waals surface area contributed by atoms with Gasteiger partial charge >= 0.3 is 6.18 Å². The molecule has 0 amide bonds. The monoisotopic (exact) mass is 329 g/mol. The lowest BCUT2D eigenvalue weighted by molar-refractivity contribution is -0.130. The van der Waals surface area contributed by atoms with Crippen molar-refractivity contribution in [1.29, 1.82) is 0 Å². The molecular weight excluding hydrogens is 319 g/mol. The third-order valence-electron chi connectivity index (χ3n) is 2.10. The molecule has 1 aromatic carbocycles. The Morgan fingerprint density at radius 2 is 1.82 bits per heavy atom. The standard InChI is InChI=1S/C10H11BrF3NOS/c11-7-1-3-8(4-2-7)17(16)9(5-6-15)10(12,13)14/h1-4,9H,5-6,15H2. The van der Waals surface area contributed by atoms with Gasteiger partial charge in [-0.1, -0.05) is 15.9 Å². The lowest BCUT2D eigenvalue weighted by atomic mass is 10.3. The second-order valence-corrected chi connectivity index (χ2v) is 5.91. The van der Waals surface area contributed by atoms with E-state index in [2.05, 4.69) is 15.9 Å². The largest absolute Gasteiger partial charge is 0.403 e. The third-order valence-corrected chi connectivity index (χ3v) is 4.38. The first-order valence-corrected chi connectivity index (χ1v) is 6.79. The highest BCUT2D eigenvalue weighted by Gasteiger charge is 2.43. The number of rotatable bonds is 4. The first-order valence-electron chi connectivity index (χ1n) is 4.79. The summed E-state index contributed by atoms with van der Waals surface area (Å²) < 4.78 is 50.5. The van der Waals surface area contributed by atoms with Crippen molar-refractivity contribution in [3.8, 4) is 0 Å². The molecule has 0 heterocycles. The van der Waals surface area contributed by atoms with Gasteiger partial charge in [-0.3, -0.25) is 4.21 Å². The minimum atomic E-state index is -4.50. The maximum Gasteiger partial charge on any atom is 0.403 e. The molecule has 1 rings (SSSR count). The summed E-state index contributed by atoms with van der Waals surface area (Å²) in [7, 11) is -2.12. The van der Waals surface area contributed by atoms with Crippen molar-refractivity contribution in [2.24, 2.45) is 5.73 Å². The molecule has 0 bridgehead atoms. The second-order valence-electron chi connectivity index (χ2n) is 3.36. The first kappa shape index (κ1) is 14.7. The Balaban J connectivity index is 2.96. The summed E-state index contributed by atoms with van der Waals surface area (Å²) in [6, 6.07) is 5.94. The zero-order valence-corrected chi connectivity index (χ0v) is 11.1. The van der Waals surface area contributed by atoms with Crippen molar-refractivity contribution in [2.75, 3.05) is 6.54 Å². The quantitative estimate of drug-likeness (QED) is 0.923. The molecule has 2 unspecified atom stereocenters. The van der Waals surface area contributed by atoms with E-state index in [9.17, 15) is 17.4 Å². The molecule has 7 heteroatoms. The van der Waals surface area contributed by atoms with Crippen molar-refractivity contribution in [1.82, 2.24) is 0 Å². The highest BCUT2D eigenvalue weighted by molar-refractivity contribution is 9.10. The molecule has 2 atom stereocenters. The zero-order valence-electron chi connectivity index (χ0n) is 8.71. The number of hydrogen-bond acceptors (Lipinski definition) is 2. The minimum Gasteiger partial charge on any atom is -0.330 e. The lowest BCUT2D eigenvalue weighted by Crippen LogP contribution is -2.35. The van der Waals surface area contributed by atoms with Gasteiger partial charge in [-0.2, -0.15) is 13.2 Å². The number of benzene rings is 1. The Morgan fingerprint density at radius 3 is 2.24 bits per heavy atom. The van der Waals surface area contributed by atoms with Crippen LogP contribution in [0.1, 0.15) is 6.42 Å². The molecule has 0 spiro atoms. The van der Waals surface area contributed by atoms with E-state index in [1.165, 1.54) is 12.1 Å². The molecule has 17 heavy (non-hydrogen) atoms. The SMILES string of the molecule is NCCC(S(=O)c1ccc(Br)cc1)C(F)(F)F. The first-order chi connectivity index (χ1) is 7.86. The maximum absolute atomic E-state index is 12.7. The molecule has 0 radical (unpaired) electrons. The number of alkyl halides is 3. The summed E-state index contributed by atoms with van der Waals surface area (Å²) in [4.78, 5) is 0.156. The summed E-state index contributed by atoms with van der Waals surface area (Å²) in [5.74, 6) is 0. The summed E-state index contributed by atoms with van der Waals surface area (Å²) in [6.45, 7) is -0.146. The molecule has 2 N–H and O–H groups in total. The van der Waals surface area contributed by atoms with Crippen molar-refractivity contribution < 1.29 is 17.4 Å². The summed E-state index contributed by atoms with van der Waals surface area (Å²) >= 11 is 3.16. The van der Waals surface area contributed by atoms with Crippen LogP contribution in [0.3, 0.4) is 0 Å². The van der Waals surface area contributed by atoms with Crippen LogP contribution in [0.4, 0.5) is 13.2 Å². The van der Waals surface area contributed by atoms with Crippen molar-refractivity contribution in [3.05, 3.63) is 28.7 Å². The molecule has 0 fully saturated rings. The van der Waals surface area contributed by atoms with E-state index in [-0.39, 0.29) is 17.9 Å². The fourth-order valence-electron chi connectivity index (χ4n) is 1.28. The fourth-order valence-corrected chi connectivity index (χ4v) is 2.87. The van der Waals surface area contributed by atoms with Gasteiger partial charge in [0.05, 0.1) is 10.8 Å². The topological polar surface area (TPSA) is 43.1 Å². The van der Waals surface area contributed by atoms with Crippen LogP contribution in [0.2, 0.25) is 0 Å². The third kappa shape index (κ3) is 4.08. The van der Waals surface area contributed by atoms with Gasteiger partial charge < -0.3 is 5.73 Å². The molecular formula is C10H11BrF3NOS. The second kappa shape index (κ2) is 5.97. The molecule has 96 valence electrons. The molecule has 0 aliphatic rings. The van der Waals surface area contributed by atoms with E-state index in [1.807, 2.05) is 0 Å². The van der Waals surface area contributed by atoms with Gasteiger partial charge in [0.25, 0.3) is 0 Å². The average molecular weight is 330 g/mol. The Labute approximate surface area is 108 Å². The predicted octanol–water partition coefficient (Wildman–Crippen LogP) is 2.84. The van der Waals surface area contributed by atoms with Crippen LogP contribution in [-0.4, -0.2) is 22.2 Å². The van der Waals surface area contributed by atoms with Crippen molar-refractivity contribution in [3.63, 3.8) is 0 Å². The Bertz CT molecular complexity index is 394. The van der Waals surface area contributed by atoms with Gasteiger partial charge in [0, 0.05) is 9.37 Å². The fraction of sp³-hybridized carbons (Fsp3) is 0.400. The number of halogens is 4. The molecule has 2 nitrogen and oxygen atoms in total. The molecule has 0 aliphatic heterocycles. The average Bonchev–Trinajstić information content (AvgIpc) is 2.24. The smallest absolute Gasteiger partial charge is 0.330 e. The highest BCUT2D eigenvalue weighted by Crippen LogP contribution is 2.30. The molecule has 0 aliphatic carbocycles. The van der Waals surface area contributed by atoms with E-state index >= 15 is 0 Å². The van der Waals surface area contributed by atoms with Crippen LogP contribution in [-0.2, 0) is 10.8 Å². The Kier molecular flexibility index (Phi) is 5.15. The van der Waals surface area contributed by atoms with Gasteiger partial charge in [-0.15, -0.1) is 0 Å². The van der Waals surface area contributed by atoms with Crippen molar-refractivity contribution >= 4 is 26.7 Å². The molecule has 0 saturated heterocycles. The zero-order chi connectivity index (χ0) is 13.1. The number of hydrogen-bond donors (Lipinski definition) is 1. The van der Waals surface area contributed by atoms with E-state index in [0.29, 0.717) is 0 Å². The van der Waals surface area contributed by atoms with E-state index < -0.39 is 22.2 Å². The van der Waals surface area contributed by atoms with Crippen LogP contribution in [0.5, 0.6) is 0 Å². The predicted molar refractivity (Wildman–Crippen MR) is 64.1 cm³/mol. The lowest BCUT2D eigenvalue weighted by Gasteiger charge is -2.19. The van der Waals surface area contributed by atoms with Gasteiger partial charge in [0.15, 0.2) is 0 Å². The Hall–Kier alpha value is -0.400. The normalized spacial score (nSPS) is 15.6. The summed E-state index contributed by atoms with van der Waals surface area (Å²) in [5, 5.41) is -1.91. The van der Waals surface area contributed by atoms with Crippen LogP contribution in [0, 0.1) is 0 Å². The van der Waals surface area contributed by atoms with Gasteiger partial charge in [-0.25, -0.2) is 0 Å². The van der Waals surface area contributed by atoms with Crippen LogP contribution in [0.25, 0.3) is 0 Å². The van der Waals surface area contributed by atoms with E-state index in [1.54, 1.807) is 12.1 Å².